The minimum absolute atomic E-state index is 0.113. The summed E-state index contributed by atoms with van der Waals surface area (Å²) in [4.78, 5) is 47.7. The van der Waals surface area contributed by atoms with E-state index in [0.717, 1.165) is 10.1 Å². The van der Waals surface area contributed by atoms with Gasteiger partial charge in [0.25, 0.3) is 0 Å². The molecule has 2 aromatic carbocycles. The summed E-state index contributed by atoms with van der Waals surface area (Å²) in [5.41, 5.74) is 0.966. The lowest BCUT2D eigenvalue weighted by Crippen LogP contribution is -2.29. The van der Waals surface area contributed by atoms with Crippen LogP contribution in [0, 0.1) is 0 Å². The van der Waals surface area contributed by atoms with E-state index in [4.69, 9.17) is 24.3 Å². The Kier molecular flexibility index (Phi) is 14.4. The molecule has 0 unspecified atom stereocenters. The summed E-state index contributed by atoms with van der Waals surface area (Å²) in [6.07, 6.45) is 1.73. The molecule has 12 nitrogen and oxygen atoms in total. The lowest BCUT2D eigenvalue weighted by atomic mass is 9.81. The Hall–Kier alpha value is -4.66. The van der Waals surface area contributed by atoms with Crippen molar-refractivity contribution in [1.29, 1.82) is 0 Å². The van der Waals surface area contributed by atoms with E-state index in [-0.39, 0.29) is 11.4 Å². The van der Waals surface area contributed by atoms with Crippen molar-refractivity contribution in [2.24, 2.45) is 0 Å². The average molecular weight is 727 g/mol. The van der Waals surface area contributed by atoms with Gasteiger partial charge in [-0.05, 0) is 80.6 Å². The van der Waals surface area contributed by atoms with Crippen LogP contribution in [0.15, 0.2) is 89.7 Å². The Morgan fingerprint density at radius 1 is 0.646 bits per heavy atom. The van der Waals surface area contributed by atoms with E-state index >= 15 is 0 Å². The normalized spacial score (nSPS) is 10.7. The summed E-state index contributed by atoms with van der Waals surface area (Å²) in [7, 11) is 1.19. The molecular weight excluding hydrogens is 687 g/mol. The number of hydrogen-bond acceptors (Lipinski definition) is 10. The van der Waals surface area contributed by atoms with Crippen LogP contribution in [-0.4, -0.2) is 75.8 Å². The van der Waals surface area contributed by atoms with Crippen LogP contribution in [0.4, 0.5) is 9.59 Å². The van der Waals surface area contributed by atoms with Crippen LogP contribution in [0.5, 0.6) is 0 Å². The van der Waals surface area contributed by atoms with Gasteiger partial charge in [0.15, 0.2) is 5.69 Å². The van der Waals surface area contributed by atoms with Crippen molar-refractivity contribution in [3.8, 4) is 11.1 Å². The highest BCUT2D eigenvalue weighted by molar-refractivity contribution is 9.10. The predicted molar refractivity (Wildman–Crippen MR) is 184 cm³/mol. The molecule has 2 N–H and O–H groups in total. The maximum Gasteiger partial charge on any atom is 0.488 e. The number of esters is 2. The number of benzene rings is 2. The quantitative estimate of drug-likeness (QED) is 0.147. The Balaban J connectivity index is 0.000000272. The number of aromatic nitrogens is 2. The first-order chi connectivity index (χ1) is 22.4. The Morgan fingerprint density at radius 2 is 1.06 bits per heavy atom. The second-order valence-corrected chi connectivity index (χ2v) is 12.8. The first kappa shape index (κ1) is 39.5. The third-order valence-corrected chi connectivity index (χ3v) is 6.48. The Labute approximate surface area is 288 Å². The van der Waals surface area contributed by atoms with Gasteiger partial charge < -0.3 is 29.0 Å². The Morgan fingerprint density at radius 3 is 1.48 bits per heavy atom. The summed E-state index contributed by atoms with van der Waals surface area (Å²) in [6, 6.07) is 21.3. The summed E-state index contributed by atoms with van der Waals surface area (Å²) >= 11 is 3.18. The van der Waals surface area contributed by atoms with E-state index < -0.39 is 42.4 Å². The summed E-state index contributed by atoms with van der Waals surface area (Å²) in [6.45, 7) is 10.6. The molecule has 0 saturated heterocycles. The van der Waals surface area contributed by atoms with E-state index in [1.807, 2.05) is 36.4 Å². The third kappa shape index (κ3) is 11.9. The molecule has 0 aliphatic heterocycles. The van der Waals surface area contributed by atoms with Crippen LogP contribution in [0.3, 0.4) is 0 Å². The van der Waals surface area contributed by atoms with Crippen molar-refractivity contribution in [2.75, 3.05) is 14.2 Å². The highest BCUT2D eigenvalue weighted by Crippen LogP contribution is 2.26. The zero-order valence-corrected chi connectivity index (χ0v) is 29.7. The molecular formula is C34H40BBrN2O10. The molecule has 0 aliphatic rings. The number of carbonyl (C=O) groups is 4. The van der Waals surface area contributed by atoms with E-state index in [9.17, 15) is 19.2 Å². The molecule has 256 valence electrons. The van der Waals surface area contributed by atoms with E-state index in [2.05, 4.69) is 20.7 Å². The topological polar surface area (TPSA) is 156 Å². The van der Waals surface area contributed by atoms with Gasteiger partial charge in [-0.25, -0.2) is 28.3 Å². The van der Waals surface area contributed by atoms with Gasteiger partial charge >= 0.3 is 31.2 Å². The largest absolute Gasteiger partial charge is 0.488 e. The predicted octanol–water partition coefficient (Wildman–Crippen LogP) is 5.91. The fraction of sp³-hybridized carbons (Fsp3) is 0.294. The number of nitrogens with zero attached hydrogens (tertiary/aromatic N) is 2. The van der Waals surface area contributed by atoms with Crippen molar-refractivity contribution in [3.05, 3.63) is 101 Å². The van der Waals surface area contributed by atoms with Crippen LogP contribution < -0.4 is 5.46 Å². The molecule has 14 heteroatoms. The average Bonchev–Trinajstić information content (AvgIpc) is 3.64. The van der Waals surface area contributed by atoms with Crippen LogP contribution >= 0.6 is 15.9 Å². The van der Waals surface area contributed by atoms with Gasteiger partial charge in [-0.15, -0.1) is 0 Å². The van der Waals surface area contributed by atoms with Crippen molar-refractivity contribution in [1.82, 2.24) is 9.13 Å². The fourth-order valence-electron chi connectivity index (χ4n) is 3.84. The van der Waals surface area contributed by atoms with Gasteiger partial charge in [0.05, 0.1) is 18.7 Å². The van der Waals surface area contributed by atoms with Gasteiger partial charge in [0.1, 0.15) is 16.9 Å². The molecule has 0 aliphatic carbocycles. The van der Waals surface area contributed by atoms with Crippen LogP contribution in [0.25, 0.3) is 11.1 Å². The number of hydrogen-bond donors (Lipinski definition) is 2. The summed E-state index contributed by atoms with van der Waals surface area (Å²) in [5, 5.41) is 17.2. The zero-order valence-electron chi connectivity index (χ0n) is 28.1. The summed E-state index contributed by atoms with van der Waals surface area (Å²) < 4.78 is 22.7. The monoisotopic (exact) mass is 726 g/mol. The second-order valence-electron chi connectivity index (χ2n) is 11.9. The standard InChI is InChI=1S/C17H19NO4.C11H14BrNO4.C6H7BO2/c1-17(2,3)22-16(20)18-11-10-13(14(18)15(19)21-4)12-8-6-5-7-9-12;1-11(2,3)17-10(15)13-6-5-7(12)8(13)9(14)16-4;8-7(9)6-4-2-1-3-5-6/h5-11H,1-4H3;5-6H,1-4H3;1-5,8-9H. The first-order valence-electron chi connectivity index (χ1n) is 14.6. The zero-order chi connectivity index (χ0) is 36.2. The molecule has 0 spiro atoms. The Bertz CT molecular complexity index is 1670. The minimum atomic E-state index is -1.34. The molecule has 2 aromatic heterocycles. The molecule has 0 radical (unpaired) electrons. The molecule has 48 heavy (non-hydrogen) atoms. The first-order valence-corrected chi connectivity index (χ1v) is 15.4. The molecule has 0 atom stereocenters. The molecule has 0 fully saturated rings. The molecule has 4 aromatic rings. The van der Waals surface area contributed by atoms with E-state index in [0.29, 0.717) is 15.5 Å². The van der Waals surface area contributed by atoms with Crippen LogP contribution in [-0.2, 0) is 18.9 Å². The molecule has 0 amide bonds. The lowest BCUT2D eigenvalue weighted by molar-refractivity contribution is 0.0482. The molecule has 4 rings (SSSR count). The van der Waals surface area contributed by atoms with E-state index in [1.165, 1.54) is 31.2 Å². The second kappa shape index (κ2) is 17.5. The fourth-order valence-corrected chi connectivity index (χ4v) is 4.31. The van der Waals surface area contributed by atoms with Crippen molar-refractivity contribution in [3.63, 3.8) is 0 Å². The van der Waals surface area contributed by atoms with Gasteiger partial charge in [-0.3, -0.25) is 0 Å². The number of rotatable bonds is 4. The number of ether oxygens (including phenoxy) is 4. The highest BCUT2D eigenvalue weighted by atomic mass is 79.9. The highest BCUT2D eigenvalue weighted by Gasteiger charge is 2.27. The molecule has 0 bridgehead atoms. The maximum absolute atomic E-state index is 12.3. The summed E-state index contributed by atoms with van der Waals surface area (Å²) in [5.74, 6) is -1.19. The molecule has 2 heterocycles. The SMILES string of the molecule is COC(=O)c1c(-c2ccccc2)ccn1C(=O)OC(C)(C)C.COC(=O)c1c(Br)ccn1C(=O)OC(C)(C)C.OB(O)c1ccccc1. The van der Waals surface area contributed by atoms with Crippen molar-refractivity contribution >= 4 is 52.6 Å². The number of carbonyl (C=O) groups excluding carboxylic acids is 4. The van der Waals surface area contributed by atoms with Gasteiger partial charge in [0, 0.05) is 18.0 Å². The minimum Gasteiger partial charge on any atom is -0.464 e. The van der Waals surface area contributed by atoms with Crippen LogP contribution in [0.2, 0.25) is 0 Å². The maximum atomic E-state index is 12.3. The van der Waals surface area contributed by atoms with Crippen molar-refractivity contribution in [2.45, 2.75) is 52.7 Å². The molecule has 0 saturated carbocycles. The number of methoxy groups -OCH3 is 2. The smallest absolute Gasteiger partial charge is 0.464 e. The van der Waals surface area contributed by atoms with Crippen LogP contribution in [0.1, 0.15) is 62.5 Å². The van der Waals surface area contributed by atoms with E-state index in [1.54, 1.807) is 77.9 Å². The van der Waals surface area contributed by atoms with Gasteiger partial charge in [-0.2, -0.15) is 0 Å². The van der Waals surface area contributed by atoms with Gasteiger partial charge in [0.2, 0.25) is 0 Å². The van der Waals surface area contributed by atoms with Gasteiger partial charge in [-0.1, -0.05) is 60.7 Å². The lowest BCUT2D eigenvalue weighted by Gasteiger charge is -2.20. The number of halogens is 1. The van der Waals surface area contributed by atoms with Crippen molar-refractivity contribution < 1.29 is 48.2 Å². The third-order valence-electron chi connectivity index (χ3n) is 5.84.